The van der Waals surface area contributed by atoms with Crippen molar-refractivity contribution in [1.29, 1.82) is 0 Å². The number of carbonyl (C=O) groups is 2. The summed E-state index contributed by atoms with van der Waals surface area (Å²) in [5.41, 5.74) is 1.92. The molecule has 2 aliphatic rings. The molecule has 7 heteroatoms. The summed E-state index contributed by atoms with van der Waals surface area (Å²) in [7, 11) is 0. The van der Waals surface area contributed by atoms with Crippen molar-refractivity contribution in [1.82, 2.24) is 15.2 Å². The lowest BCUT2D eigenvalue weighted by Crippen LogP contribution is -2.54. The number of benzene rings is 1. The average molecular weight is 486 g/mol. The van der Waals surface area contributed by atoms with E-state index in [0.717, 1.165) is 39.8 Å². The van der Waals surface area contributed by atoms with Crippen LogP contribution < -0.4 is 5.32 Å². The second-order valence-corrected chi connectivity index (χ2v) is 9.84. The minimum Gasteiger partial charge on any atom is -0.350 e. The van der Waals surface area contributed by atoms with Gasteiger partial charge in [0.2, 0.25) is 5.91 Å². The Morgan fingerprint density at radius 2 is 2.13 bits per heavy atom. The van der Waals surface area contributed by atoms with Gasteiger partial charge in [0, 0.05) is 34.7 Å². The highest BCUT2D eigenvalue weighted by atomic mass is 79.9. The first kappa shape index (κ1) is 21.1. The number of halogens is 1. The molecule has 1 aliphatic heterocycles. The molecule has 30 heavy (non-hydrogen) atoms. The SMILES string of the molecule is O=C(CN1C(=O)/C(=C\c2cccc(Br)c2)SC2CCCCC21)NCc1cccnc1. The zero-order chi connectivity index (χ0) is 20.9. The van der Waals surface area contributed by atoms with Gasteiger partial charge in [-0.25, -0.2) is 0 Å². The first-order chi connectivity index (χ1) is 14.6. The highest BCUT2D eigenvalue weighted by Gasteiger charge is 2.41. The number of nitrogens with zero attached hydrogens (tertiary/aromatic N) is 2. The number of carbonyl (C=O) groups excluding carboxylic acids is 2. The summed E-state index contributed by atoms with van der Waals surface area (Å²) in [5, 5.41) is 3.28. The summed E-state index contributed by atoms with van der Waals surface area (Å²) in [4.78, 5) is 32.6. The van der Waals surface area contributed by atoms with Gasteiger partial charge in [0.05, 0.1) is 4.91 Å². The van der Waals surface area contributed by atoms with E-state index in [1.54, 1.807) is 29.1 Å². The van der Waals surface area contributed by atoms with Gasteiger partial charge < -0.3 is 10.2 Å². The van der Waals surface area contributed by atoms with Crippen molar-refractivity contribution < 1.29 is 9.59 Å². The number of nitrogens with one attached hydrogen (secondary N) is 1. The summed E-state index contributed by atoms with van der Waals surface area (Å²) in [5.74, 6) is -0.176. The van der Waals surface area contributed by atoms with E-state index >= 15 is 0 Å². The molecule has 2 aromatic rings. The fourth-order valence-electron chi connectivity index (χ4n) is 4.02. The highest BCUT2D eigenvalue weighted by molar-refractivity contribution is 9.10. The maximum absolute atomic E-state index is 13.3. The molecule has 1 saturated heterocycles. The van der Waals surface area contributed by atoms with Crippen LogP contribution >= 0.6 is 27.7 Å². The summed E-state index contributed by atoms with van der Waals surface area (Å²) in [6.07, 6.45) is 9.70. The summed E-state index contributed by atoms with van der Waals surface area (Å²) in [6, 6.07) is 11.8. The molecule has 2 fully saturated rings. The minimum atomic E-state index is -0.134. The second-order valence-electron chi connectivity index (χ2n) is 7.64. The monoisotopic (exact) mass is 485 g/mol. The lowest BCUT2D eigenvalue weighted by Gasteiger charge is -2.43. The first-order valence-corrected chi connectivity index (χ1v) is 11.9. The Morgan fingerprint density at radius 3 is 2.93 bits per heavy atom. The molecule has 1 aliphatic carbocycles. The van der Waals surface area contributed by atoms with Crippen LogP contribution in [0.4, 0.5) is 0 Å². The largest absolute Gasteiger partial charge is 0.350 e. The molecule has 0 bridgehead atoms. The Kier molecular flexibility index (Phi) is 6.89. The third-order valence-electron chi connectivity index (χ3n) is 5.49. The van der Waals surface area contributed by atoms with Crippen LogP contribution in [0.25, 0.3) is 6.08 Å². The smallest absolute Gasteiger partial charge is 0.261 e. The maximum Gasteiger partial charge on any atom is 0.261 e. The van der Waals surface area contributed by atoms with Crippen molar-refractivity contribution in [2.75, 3.05) is 6.54 Å². The molecule has 2 heterocycles. The Balaban J connectivity index is 1.50. The zero-order valence-corrected chi connectivity index (χ0v) is 19.0. The molecule has 2 unspecified atom stereocenters. The van der Waals surface area contributed by atoms with Crippen molar-refractivity contribution in [2.45, 2.75) is 43.5 Å². The number of fused-ring (bicyclic) bond motifs is 1. The summed E-state index contributed by atoms with van der Waals surface area (Å²) in [6.45, 7) is 0.509. The van der Waals surface area contributed by atoms with E-state index in [4.69, 9.17) is 0 Å². The maximum atomic E-state index is 13.3. The standard InChI is InChI=1S/C23H24BrN3O2S/c24-18-7-3-5-16(11-18)12-21-23(29)27(19-8-1-2-9-20(19)30-21)15-22(28)26-14-17-6-4-10-25-13-17/h3-7,10-13,19-20H,1-2,8-9,14-15H2,(H,26,28)/b21-12+. The number of pyridine rings is 1. The molecule has 156 valence electrons. The van der Waals surface area contributed by atoms with Crippen molar-refractivity contribution in [3.63, 3.8) is 0 Å². The molecule has 1 saturated carbocycles. The van der Waals surface area contributed by atoms with E-state index in [2.05, 4.69) is 26.2 Å². The first-order valence-electron chi connectivity index (χ1n) is 10.2. The third-order valence-corrected chi connectivity index (χ3v) is 7.38. The van der Waals surface area contributed by atoms with Gasteiger partial charge in [-0.2, -0.15) is 0 Å². The van der Waals surface area contributed by atoms with Crippen LogP contribution in [-0.2, 0) is 16.1 Å². The Morgan fingerprint density at radius 1 is 1.27 bits per heavy atom. The molecule has 2 atom stereocenters. The molecule has 2 amide bonds. The molecule has 1 N–H and O–H groups in total. The normalized spacial score (nSPS) is 22.6. The van der Waals surface area contributed by atoms with Gasteiger partial charge >= 0.3 is 0 Å². The molecule has 0 spiro atoms. The highest BCUT2D eigenvalue weighted by Crippen LogP contribution is 2.42. The van der Waals surface area contributed by atoms with Gasteiger partial charge in [-0.05, 0) is 48.2 Å². The molecule has 5 nitrogen and oxygen atoms in total. The minimum absolute atomic E-state index is 0.0420. The molecular weight excluding hydrogens is 462 g/mol. The van der Waals surface area contributed by atoms with Crippen LogP contribution in [0.5, 0.6) is 0 Å². The van der Waals surface area contributed by atoms with Gasteiger partial charge in [0.25, 0.3) is 5.91 Å². The molecule has 1 aromatic heterocycles. The van der Waals surface area contributed by atoms with E-state index in [9.17, 15) is 9.59 Å². The predicted molar refractivity (Wildman–Crippen MR) is 124 cm³/mol. The van der Waals surface area contributed by atoms with E-state index < -0.39 is 0 Å². The number of rotatable bonds is 5. The van der Waals surface area contributed by atoms with Gasteiger partial charge in [-0.3, -0.25) is 14.6 Å². The van der Waals surface area contributed by atoms with Gasteiger partial charge in [-0.1, -0.05) is 47.0 Å². The molecule has 1 aromatic carbocycles. The van der Waals surface area contributed by atoms with Crippen LogP contribution in [-0.4, -0.2) is 39.5 Å². The average Bonchev–Trinajstić information content (AvgIpc) is 2.76. The predicted octanol–water partition coefficient (Wildman–Crippen LogP) is 4.39. The summed E-state index contributed by atoms with van der Waals surface area (Å²) >= 11 is 5.17. The number of amides is 2. The zero-order valence-electron chi connectivity index (χ0n) is 16.6. The van der Waals surface area contributed by atoms with Crippen LogP contribution in [0.1, 0.15) is 36.8 Å². The van der Waals surface area contributed by atoms with Gasteiger partial charge in [0.15, 0.2) is 0 Å². The van der Waals surface area contributed by atoms with E-state index in [1.165, 1.54) is 6.42 Å². The Bertz CT molecular complexity index is 950. The number of aromatic nitrogens is 1. The van der Waals surface area contributed by atoms with Crippen LogP contribution in [0.3, 0.4) is 0 Å². The third kappa shape index (κ3) is 5.13. The number of thioether (sulfide) groups is 1. The fraction of sp³-hybridized carbons (Fsp3) is 0.348. The van der Waals surface area contributed by atoms with E-state index in [1.807, 2.05) is 42.5 Å². The number of hydrogen-bond acceptors (Lipinski definition) is 4. The van der Waals surface area contributed by atoms with Gasteiger partial charge in [-0.15, -0.1) is 11.8 Å². The summed E-state index contributed by atoms with van der Waals surface area (Å²) < 4.78 is 0.979. The molecular formula is C23H24BrN3O2S. The van der Waals surface area contributed by atoms with Gasteiger partial charge in [0.1, 0.15) is 6.54 Å². The van der Waals surface area contributed by atoms with E-state index in [-0.39, 0.29) is 24.4 Å². The van der Waals surface area contributed by atoms with Crippen molar-refractivity contribution >= 4 is 45.6 Å². The van der Waals surface area contributed by atoms with Crippen molar-refractivity contribution in [3.05, 3.63) is 69.3 Å². The Labute approximate surface area is 189 Å². The van der Waals surface area contributed by atoms with Crippen molar-refractivity contribution in [3.8, 4) is 0 Å². The Hall–Kier alpha value is -2.12. The quantitative estimate of drug-likeness (QED) is 0.637. The molecule has 4 rings (SSSR count). The lowest BCUT2D eigenvalue weighted by atomic mass is 9.93. The number of hydrogen-bond donors (Lipinski definition) is 1. The van der Waals surface area contributed by atoms with Crippen LogP contribution in [0, 0.1) is 0 Å². The van der Waals surface area contributed by atoms with Crippen LogP contribution in [0.2, 0.25) is 0 Å². The van der Waals surface area contributed by atoms with Crippen LogP contribution in [0.15, 0.2) is 58.2 Å². The second kappa shape index (κ2) is 9.79. The van der Waals surface area contributed by atoms with Crippen molar-refractivity contribution in [2.24, 2.45) is 0 Å². The topological polar surface area (TPSA) is 62.3 Å². The molecule has 0 radical (unpaired) electrons. The lowest BCUT2D eigenvalue weighted by molar-refractivity contribution is -0.135. The fourth-order valence-corrected chi connectivity index (χ4v) is 5.91. The van der Waals surface area contributed by atoms with E-state index in [0.29, 0.717) is 11.8 Å².